The van der Waals surface area contributed by atoms with Crippen molar-refractivity contribution < 1.29 is 4.79 Å². The summed E-state index contributed by atoms with van der Waals surface area (Å²) in [4.78, 5) is 14.9. The quantitative estimate of drug-likeness (QED) is 0.587. The Bertz CT molecular complexity index is 415. The first kappa shape index (κ1) is 9.85. The largest absolute Gasteiger partial charge is 0.303 e. The second-order valence-corrected chi connectivity index (χ2v) is 3.71. The fourth-order valence-electron chi connectivity index (χ4n) is 0.972. The lowest BCUT2D eigenvalue weighted by atomic mass is 10.4. The predicted molar refractivity (Wildman–Crippen MR) is 59.9 cm³/mol. The van der Waals surface area contributed by atoms with Crippen molar-refractivity contribution in [1.82, 2.24) is 10.3 Å². The van der Waals surface area contributed by atoms with Crippen LogP contribution in [0.2, 0.25) is 0 Å². The molecule has 1 aromatic rings. The number of hydrogen-bond acceptors (Lipinski definition) is 5. The van der Waals surface area contributed by atoms with Crippen molar-refractivity contribution in [3.05, 3.63) is 30.1 Å². The van der Waals surface area contributed by atoms with Crippen molar-refractivity contribution in [2.24, 2.45) is 10.2 Å². The summed E-state index contributed by atoms with van der Waals surface area (Å²) in [7, 11) is 0. The highest BCUT2D eigenvalue weighted by atomic mass is 32.2. The Balaban J connectivity index is 1.98. The molecule has 6 heteroatoms. The van der Waals surface area contributed by atoms with Crippen LogP contribution in [0.3, 0.4) is 0 Å². The molecule has 15 heavy (non-hydrogen) atoms. The van der Waals surface area contributed by atoms with E-state index in [1.165, 1.54) is 18.0 Å². The Morgan fingerprint density at radius 3 is 3.13 bits per heavy atom. The zero-order chi connectivity index (χ0) is 10.5. The van der Waals surface area contributed by atoms with Gasteiger partial charge >= 0.3 is 0 Å². The number of carbonyl (C=O) groups is 1. The number of nitrogens with one attached hydrogen (secondary N) is 1. The standard InChI is InChI=1S/C9H8N4OS/c14-8-6-15-9(12-8)13-11-5-7-3-1-2-4-10-7/h1-5H,6H2,(H,12,13,14)/b11-5+. The van der Waals surface area contributed by atoms with Gasteiger partial charge in [-0.05, 0) is 12.1 Å². The van der Waals surface area contributed by atoms with Gasteiger partial charge in [-0.1, -0.05) is 17.8 Å². The number of carbonyl (C=O) groups excluding carboxylic acids is 1. The lowest BCUT2D eigenvalue weighted by Crippen LogP contribution is -2.19. The number of pyridine rings is 1. The molecule has 1 saturated heterocycles. The maximum Gasteiger partial charge on any atom is 0.236 e. The molecule has 5 nitrogen and oxygen atoms in total. The van der Waals surface area contributed by atoms with E-state index in [0.717, 1.165) is 5.69 Å². The summed E-state index contributed by atoms with van der Waals surface area (Å²) in [6.45, 7) is 0. The Hall–Kier alpha value is -1.69. The second kappa shape index (κ2) is 4.70. The SMILES string of the molecule is O=C1CS/C(=N/N=C/c2ccccn2)N1. The van der Waals surface area contributed by atoms with E-state index in [2.05, 4.69) is 20.5 Å². The Morgan fingerprint density at radius 2 is 2.47 bits per heavy atom. The molecule has 2 rings (SSSR count). The zero-order valence-corrected chi connectivity index (χ0v) is 8.57. The molecule has 76 valence electrons. The monoisotopic (exact) mass is 220 g/mol. The van der Waals surface area contributed by atoms with E-state index in [-0.39, 0.29) is 5.91 Å². The summed E-state index contributed by atoms with van der Waals surface area (Å²) in [5.74, 6) is 0.379. The van der Waals surface area contributed by atoms with Crippen molar-refractivity contribution in [3.63, 3.8) is 0 Å². The summed E-state index contributed by atoms with van der Waals surface area (Å²) >= 11 is 1.34. The van der Waals surface area contributed by atoms with Crippen molar-refractivity contribution >= 4 is 29.1 Å². The van der Waals surface area contributed by atoms with E-state index in [0.29, 0.717) is 10.9 Å². The van der Waals surface area contributed by atoms with Gasteiger partial charge in [-0.15, -0.1) is 5.10 Å². The maximum absolute atomic E-state index is 10.8. The summed E-state index contributed by atoms with van der Waals surface area (Å²) in [5.41, 5.74) is 0.733. The molecule has 1 aliphatic heterocycles. The van der Waals surface area contributed by atoms with Gasteiger partial charge in [0.25, 0.3) is 0 Å². The number of rotatable bonds is 2. The first-order valence-electron chi connectivity index (χ1n) is 4.29. The topological polar surface area (TPSA) is 66.7 Å². The maximum atomic E-state index is 10.8. The summed E-state index contributed by atoms with van der Waals surface area (Å²) in [6.07, 6.45) is 3.22. The number of nitrogens with zero attached hydrogens (tertiary/aromatic N) is 3. The molecule has 0 aliphatic carbocycles. The van der Waals surface area contributed by atoms with E-state index >= 15 is 0 Å². The molecule has 0 unspecified atom stereocenters. The Morgan fingerprint density at radius 1 is 1.53 bits per heavy atom. The predicted octanol–water partition coefficient (Wildman–Crippen LogP) is 0.635. The van der Waals surface area contributed by atoms with Crippen LogP contribution >= 0.6 is 11.8 Å². The number of thioether (sulfide) groups is 1. The summed E-state index contributed by atoms with van der Waals surface area (Å²) in [6, 6.07) is 5.52. The minimum Gasteiger partial charge on any atom is -0.303 e. The van der Waals surface area contributed by atoms with E-state index in [1.54, 1.807) is 6.20 Å². The third-order valence-electron chi connectivity index (χ3n) is 1.61. The molecule has 1 amide bonds. The Labute approximate surface area is 90.7 Å². The molecule has 0 bridgehead atoms. The molecule has 1 aliphatic rings. The van der Waals surface area contributed by atoms with Crippen LogP contribution in [-0.2, 0) is 4.79 Å². The third-order valence-corrected chi connectivity index (χ3v) is 2.48. The lowest BCUT2D eigenvalue weighted by molar-refractivity contribution is -0.116. The zero-order valence-electron chi connectivity index (χ0n) is 7.75. The molecule has 0 saturated carbocycles. The fourth-order valence-corrected chi connectivity index (χ4v) is 1.60. The van der Waals surface area contributed by atoms with Crippen LogP contribution in [0.5, 0.6) is 0 Å². The van der Waals surface area contributed by atoms with Gasteiger partial charge in [-0.25, -0.2) is 0 Å². The van der Waals surface area contributed by atoms with Crippen LogP contribution in [0.15, 0.2) is 34.6 Å². The van der Waals surface area contributed by atoms with Crippen LogP contribution in [0.4, 0.5) is 0 Å². The van der Waals surface area contributed by atoms with Crippen LogP contribution in [0, 0.1) is 0 Å². The molecule has 1 fully saturated rings. The molecule has 0 atom stereocenters. The highest BCUT2D eigenvalue weighted by Gasteiger charge is 2.15. The molecule has 0 spiro atoms. The molecule has 2 heterocycles. The van der Waals surface area contributed by atoms with Gasteiger partial charge in [0.15, 0.2) is 5.17 Å². The van der Waals surface area contributed by atoms with E-state index in [4.69, 9.17) is 0 Å². The second-order valence-electron chi connectivity index (χ2n) is 2.74. The van der Waals surface area contributed by atoms with Crippen molar-refractivity contribution in [2.75, 3.05) is 5.75 Å². The molecule has 0 aromatic carbocycles. The fraction of sp³-hybridized carbons (Fsp3) is 0.111. The molecular weight excluding hydrogens is 212 g/mol. The lowest BCUT2D eigenvalue weighted by Gasteiger charge is -1.90. The summed E-state index contributed by atoms with van der Waals surface area (Å²) in [5, 5.41) is 10.8. The highest BCUT2D eigenvalue weighted by Crippen LogP contribution is 2.08. The average Bonchev–Trinajstić information content (AvgIpc) is 2.66. The van der Waals surface area contributed by atoms with Crippen LogP contribution in [-0.4, -0.2) is 28.0 Å². The minimum absolute atomic E-state index is 0.0354. The number of hydrogen-bond donors (Lipinski definition) is 1. The van der Waals surface area contributed by atoms with E-state index in [9.17, 15) is 4.79 Å². The van der Waals surface area contributed by atoms with Crippen LogP contribution in [0.1, 0.15) is 5.69 Å². The van der Waals surface area contributed by atoms with Gasteiger partial charge in [0.2, 0.25) is 5.91 Å². The van der Waals surface area contributed by atoms with Gasteiger partial charge in [-0.2, -0.15) is 5.10 Å². The number of amides is 1. The van der Waals surface area contributed by atoms with Crippen LogP contribution < -0.4 is 5.32 Å². The van der Waals surface area contributed by atoms with Crippen molar-refractivity contribution in [3.8, 4) is 0 Å². The summed E-state index contributed by atoms with van der Waals surface area (Å²) < 4.78 is 0. The minimum atomic E-state index is -0.0354. The van der Waals surface area contributed by atoms with Crippen molar-refractivity contribution in [2.45, 2.75) is 0 Å². The molecular formula is C9H8N4OS. The van der Waals surface area contributed by atoms with Crippen LogP contribution in [0.25, 0.3) is 0 Å². The highest BCUT2D eigenvalue weighted by molar-refractivity contribution is 8.15. The number of aromatic nitrogens is 1. The van der Waals surface area contributed by atoms with Gasteiger partial charge in [0.1, 0.15) is 0 Å². The van der Waals surface area contributed by atoms with E-state index < -0.39 is 0 Å². The van der Waals surface area contributed by atoms with Gasteiger partial charge in [0, 0.05) is 6.20 Å². The number of amidine groups is 1. The third kappa shape index (κ3) is 2.88. The van der Waals surface area contributed by atoms with E-state index in [1.807, 2.05) is 18.2 Å². The van der Waals surface area contributed by atoms with Crippen molar-refractivity contribution in [1.29, 1.82) is 0 Å². The Kier molecular flexibility index (Phi) is 3.08. The smallest absolute Gasteiger partial charge is 0.236 e. The van der Waals surface area contributed by atoms with Gasteiger partial charge in [-0.3, -0.25) is 9.78 Å². The molecule has 1 N–H and O–H groups in total. The normalized spacial score (nSPS) is 18.7. The first-order valence-corrected chi connectivity index (χ1v) is 5.28. The van der Waals surface area contributed by atoms with Gasteiger partial charge < -0.3 is 5.32 Å². The molecule has 0 radical (unpaired) electrons. The van der Waals surface area contributed by atoms with Gasteiger partial charge in [0.05, 0.1) is 17.7 Å². The average molecular weight is 220 g/mol. The first-order chi connectivity index (χ1) is 7.34. The molecule has 1 aromatic heterocycles.